The summed E-state index contributed by atoms with van der Waals surface area (Å²) in [6.45, 7) is 5.63. The number of aliphatic hydroxyl groups excluding tert-OH is 2. The first-order valence-electron chi connectivity index (χ1n) is 8.20. The van der Waals surface area contributed by atoms with Gasteiger partial charge >= 0.3 is 0 Å². The third kappa shape index (κ3) is 6.54. The lowest BCUT2D eigenvalue weighted by atomic mass is 9.98. The van der Waals surface area contributed by atoms with Gasteiger partial charge in [0.25, 0.3) is 0 Å². The van der Waals surface area contributed by atoms with Crippen LogP contribution in [-0.2, 0) is 6.42 Å². The second kappa shape index (κ2) is 10.3. The first kappa shape index (κ1) is 18.6. The zero-order chi connectivity index (χ0) is 16.4. The van der Waals surface area contributed by atoms with Crippen molar-refractivity contribution >= 4 is 5.78 Å². The smallest absolute Gasteiger partial charge is 0.185 e. The minimum atomic E-state index is -0.757. The van der Waals surface area contributed by atoms with E-state index in [9.17, 15) is 15.0 Å². The van der Waals surface area contributed by atoms with Gasteiger partial charge in [0, 0.05) is 12.0 Å². The summed E-state index contributed by atoms with van der Waals surface area (Å²) in [5.74, 6) is -0.112. The van der Waals surface area contributed by atoms with Crippen molar-refractivity contribution in [1.29, 1.82) is 0 Å². The molecule has 0 saturated carbocycles. The van der Waals surface area contributed by atoms with E-state index in [0.717, 1.165) is 18.4 Å². The zero-order valence-corrected chi connectivity index (χ0v) is 13.5. The average molecular weight is 304 g/mol. The molecule has 0 aromatic heterocycles. The fourth-order valence-electron chi connectivity index (χ4n) is 2.45. The number of ketones is 1. The molecule has 0 fully saturated rings. The molecule has 0 radical (unpaired) electrons. The van der Waals surface area contributed by atoms with Crippen LogP contribution in [0.2, 0.25) is 0 Å². The third-order valence-electron chi connectivity index (χ3n) is 3.92. The maximum absolute atomic E-state index is 11.4. The van der Waals surface area contributed by atoms with E-state index in [2.05, 4.69) is 13.5 Å². The van der Waals surface area contributed by atoms with E-state index in [1.54, 1.807) is 12.1 Å². The van der Waals surface area contributed by atoms with Gasteiger partial charge in [-0.05, 0) is 18.1 Å². The monoisotopic (exact) mass is 304 g/mol. The highest BCUT2D eigenvalue weighted by Crippen LogP contribution is 2.14. The molecule has 0 unspecified atom stereocenters. The third-order valence-corrected chi connectivity index (χ3v) is 3.92. The maximum Gasteiger partial charge on any atom is 0.185 e. The predicted octanol–water partition coefficient (Wildman–Crippen LogP) is 3.68. The topological polar surface area (TPSA) is 57.5 Å². The molecule has 2 atom stereocenters. The van der Waals surface area contributed by atoms with E-state index in [1.807, 2.05) is 12.1 Å². The van der Waals surface area contributed by atoms with Gasteiger partial charge in [-0.25, -0.2) is 0 Å². The summed E-state index contributed by atoms with van der Waals surface area (Å²) in [6, 6.07) is 7.08. The first-order chi connectivity index (χ1) is 10.6. The summed E-state index contributed by atoms with van der Waals surface area (Å²) < 4.78 is 0. The Balaban J connectivity index is 2.38. The maximum atomic E-state index is 11.4. The summed E-state index contributed by atoms with van der Waals surface area (Å²) in [6.07, 6.45) is 6.56. The van der Waals surface area contributed by atoms with Crippen LogP contribution in [0.3, 0.4) is 0 Å². The second-order valence-corrected chi connectivity index (χ2v) is 5.81. The molecule has 1 rings (SSSR count). The van der Waals surface area contributed by atoms with Crippen LogP contribution < -0.4 is 0 Å². The van der Waals surface area contributed by atoms with Crippen molar-refractivity contribution in [3.05, 3.63) is 48.0 Å². The summed E-state index contributed by atoms with van der Waals surface area (Å²) in [4.78, 5) is 11.4. The summed E-state index contributed by atoms with van der Waals surface area (Å²) in [5, 5.41) is 20.1. The van der Waals surface area contributed by atoms with Crippen molar-refractivity contribution in [3.8, 4) is 0 Å². The molecular formula is C19H28O3. The van der Waals surface area contributed by atoms with Crippen LogP contribution in [-0.4, -0.2) is 28.2 Å². The molecule has 22 heavy (non-hydrogen) atoms. The van der Waals surface area contributed by atoms with Crippen LogP contribution in [0.1, 0.15) is 61.4 Å². The Morgan fingerprint density at radius 2 is 1.73 bits per heavy atom. The zero-order valence-electron chi connectivity index (χ0n) is 13.5. The van der Waals surface area contributed by atoms with Crippen LogP contribution >= 0.6 is 0 Å². The molecule has 0 amide bonds. The highest BCUT2D eigenvalue weighted by Gasteiger charge is 2.16. The largest absolute Gasteiger partial charge is 0.390 e. The minimum absolute atomic E-state index is 0.112. The Hall–Kier alpha value is -1.45. The quantitative estimate of drug-likeness (QED) is 0.372. The van der Waals surface area contributed by atoms with E-state index in [4.69, 9.17) is 0 Å². The Kier molecular flexibility index (Phi) is 8.71. The standard InChI is InChI=1S/C19H28O3/c1-3-5-6-7-8-9-18(21)19(22)14-15-10-12-16(13-11-15)17(20)4-2/h4,10-13,18-19,21-22H,2-3,5-9,14H2,1H3/t18-,19-/m1/s1. The van der Waals surface area contributed by atoms with Gasteiger partial charge in [0.15, 0.2) is 5.78 Å². The lowest BCUT2D eigenvalue weighted by Gasteiger charge is -2.18. The summed E-state index contributed by atoms with van der Waals surface area (Å²) >= 11 is 0. The van der Waals surface area contributed by atoms with Crippen LogP contribution in [0, 0.1) is 0 Å². The highest BCUT2D eigenvalue weighted by atomic mass is 16.3. The molecule has 0 saturated heterocycles. The molecule has 0 spiro atoms. The van der Waals surface area contributed by atoms with E-state index in [-0.39, 0.29) is 5.78 Å². The number of carbonyl (C=O) groups excluding carboxylic acids is 1. The number of aliphatic hydroxyl groups is 2. The van der Waals surface area contributed by atoms with Crippen molar-refractivity contribution in [2.24, 2.45) is 0 Å². The summed E-state index contributed by atoms with van der Waals surface area (Å²) in [5.41, 5.74) is 1.50. The lowest BCUT2D eigenvalue weighted by molar-refractivity contribution is 0.0137. The van der Waals surface area contributed by atoms with Crippen LogP contribution in [0.15, 0.2) is 36.9 Å². The summed E-state index contributed by atoms with van der Waals surface area (Å²) in [7, 11) is 0. The SMILES string of the molecule is C=CC(=O)c1ccc(C[C@@H](O)[C@H](O)CCCCCCC)cc1. The average Bonchev–Trinajstić information content (AvgIpc) is 2.54. The number of carbonyl (C=O) groups is 1. The fraction of sp³-hybridized carbons (Fsp3) is 0.526. The van der Waals surface area contributed by atoms with E-state index >= 15 is 0 Å². The molecular weight excluding hydrogens is 276 g/mol. The number of hydrogen-bond donors (Lipinski definition) is 2. The Morgan fingerprint density at radius 3 is 2.32 bits per heavy atom. The van der Waals surface area contributed by atoms with Gasteiger partial charge in [-0.2, -0.15) is 0 Å². The number of rotatable bonds is 11. The first-order valence-corrected chi connectivity index (χ1v) is 8.20. The number of hydrogen-bond acceptors (Lipinski definition) is 3. The number of unbranched alkanes of at least 4 members (excludes halogenated alkanes) is 4. The van der Waals surface area contributed by atoms with Crippen LogP contribution in [0.5, 0.6) is 0 Å². The van der Waals surface area contributed by atoms with E-state index in [0.29, 0.717) is 18.4 Å². The molecule has 2 N–H and O–H groups in total. The van der Waals surface area contributed by atoms with Gasteiger partial charge < -0.3 is 10.2 Å². The van der Waals surface area contributed by atoms with Crippen molar-refractivity contribution in [3.63, 3.8) is 0 Å². The Bertz CT molecular complexity index is 450. The molecule has 1 aromatic rings. The molecule has 3 nitrogen and oxygen atoms in total. The number of allylic oxidation sites excluding steroid dienone is 1. The van der Waals surface area contributed by atoms with Crippen molar-refractivity contribution in [2.45, 2.75) is 64.1 Å². The van der Waals surface area contributed by atoms with Gasteiger partial charge in [-0.3, -0.25) is 4.79 Å². The Labute approximate surface area is 133 Å². The molecule has 0 aliphatic heterocycles. The van der Waals surface area contributed by atoms with E-state index < -0.39 is 12.2 Å². The van der Waals surface area contributed by atoms with Gasteiger partial charge in [0.1, 0.15) is 0 Å². The molecule has 1 aromatic carbocycles. The molecule has 0 aliphatic rings. The van der Waals surface area contributed by atoms with Gasteiger partial charge in [-0.1, -0.05) is 69.9 Å². The fourth-order valence-corrected chi connectivity index (χ4v) is 2.45. The van der Waals surface area contributed by atoms with Gasteiger partial charge in [-0.15, -0.1) is 0 Å². The molecule has 0 bridgehead atoms. The van der Waals surface area contributed by atoms with Crippen molar-refractivity contribution in [1.82, 2.24) is 0 Å². The predicted molar refractivity (Wildman–Crippen MR) is 90.1 cm³/mol. The molecule has 3 heteroatoms. The normalized spacial score (nSPS) is 13.6. The highest BCUT2D eigenvalue weighted by molar-refractivity contribution is 6.04. The number of benzene rings is 1. The van der Waals surface area contributed by atoms with Crippen LogP contribution in [0.4, 0.5) is 0 Å². The molecule has 0 heterocycles. The molecule has 122 valence electrons. The van der Waals surface area contributed by atoms with Crippen LogP contribution in [0.25, 0.3) is 0 Å². The van der Waals surface area contributed by atoms with Gasteiger partial charge in [0.2, 0.25) is 0 Å². The molecule has 0 aliphatic carbocycles. The van der Waals surface area contributed by atoms with Gasteiger partial charge in [0.05, 0.1) is 12.2 Å². The van der Waals surface area contributed by atoms with Crippen molar-refractivity contribution in [2.75, 3.05) is 0 Å². The Morgan fingerprint density at radius 1 is 1.09 bits per heavy atom. The van der Waals surface area contributed by atoms with E-state index in [1.165, 1.54) is 25.3 Å². The lowest BCUT2D eigenvalue weighted by Crippen LogP contribution is -2.27. The van der Waals surface area contributed by atoms with Crippen molar-refractivity contribution < 1.29 is 15.0 Å². The minimum Gasteiger partial charge on any atom is -0.390 e. The second-order valence-electron chi connectivity index (χ2n) is 5.81.